The van der Waals surface area contributed by atoms with Crippen molar-refractivity contribution in [2.24, 2.45) is 7.05 Å². The van der Waals surface area contributed by atoms with Crippen LogP contribution in [0.2, 0.25) is 0 Å². The normalized spacial score (nSPS) is 12.3. The molecule has 1 unspecified atom stereocenters. The highest BCUT2D eigenvalue weighted by molar-refractivity contribution is 5.36. The predicted octanol–water partition coefficient (Wildman–Crippen LogP) is 3.45. The van der Waals surface area contributed by atoms with Gasteiger partial charge in [0.15, 0.2) is 0 Å². The van der Waals surface area contributed by atoms with Gasteiger partial charge in [-0.05, 0) is 25.5 Å². The minimum absolute atomic E-state index is 0.343. The molecule has 0 saturated heterocycles. The molecule has 1 aromatic carbocycles. The van der Waals surface area contributed by atoms with Crippen molar-refractivity contribution in [1.82, 2.24) is 15.1 Å². The molecule has 0 fully saturated rings. The van der Waals surface area contributed by atoms with Crippen LogP contribution in [0.5, 0.6) is 5.75 Å². The molecule has 1 heterocycles. The number of hydrogen-bond acceptors (Lipinski definition) is 3. The van der Waals surface area contributed by atoms with Crippen molar-refractivity contribution in [2.45, 2.75) is 39.3 Å². The number of hydrogen-bond donors (Lipinski definition) is 1. The quantitative estimate of drug-likeness (QED) is 0.808. The molecular formula is C17H25N3O. The van der Waals surface area contributed by atoms with Crippen molar-refractivity contribution >= 4 is 0 Å². The van der Waals surface area contributed by atoms with E-state index in [1.54, 1.807) is 4.68 Å². The minimum Gasteiger partial charge on any atom is -0.488 e. The van der Waals surface area contributed by atoms with E-state index in [2.05, 4.69) is 36.4 Å². The molecule has 1 atom stereocenters. The third-order valence-corrected chi connectivity index (χ3v) is 3.50. The van der Waals surface area contributed by atoms with Crippen molar-refractivity contribution in [2.75, 3.05) is 6.54 Å². The number of nitrogens with zero attached hydrogens (tertiary/aromatic N) is 2. The maximum Gasteiger partial charge on any atom is 0.124 e. The fraction of sp³-hybridized carbons (Fsp3) is 0.471. The molecule has 4 nitrogen and oxygen atoms in total. The van der Waals surface area contributed by atoms with Gasteiger partial charge in [0, 0.05) is 30.4 Å². The van der Waals surface area contributed by atoms with Crippen molar-refractivity contribution in [3.8, 4) is 5.75 Å². The number of aromatic nitrogens is 2. The summed E-state index contributed by atoms with van der Waals surface area (Å²) < 4.78 is 7.80. The second-order valence-electron chi connectivity index (χ2n) is 5.26. The van der Waals surface area contributed by atoms with E-state index in [0.29, 0.717) is 12.6 Å². The smallest absolute Gasteiger partial charge is 0.124 e. The molecule has 0 bridgehead atoms. The van der Waals surface area contributed by atoms with Crippen LogP contribution in [0.4, 0.5) is 0 Å². The number of para-hydroxylation sites is 1. The zero-order chi connectivity index (χ0) is 15.1. The summed E-state index contributed by atoms with van der Waals surface area (Å²) in [5, 5.41) is 7.75. The fourth-order valence-corrected chi connectivity index (χ4v) is 2.40. The highest BCUT2D eigenvalue weighted by Gasteiger charge is 2.13. The molecule has 0 saturated carbocycles. The molecular weight excluding hydrogens is 262 g/mol. The lowest BCUT2D eigenvalue weighted by atomic mass is 10.0. The molecule has 1 N–H and O–H groups in total. The first-order chi connectivity index (χ1) is 10.2. The van der Waals surface area contributed by atoms with E-state index in [1.165, 1.54) is 5.56 Å². The first-order valence-electron chi connectivity index (χ1n) is 7.67. The van der Waals surface area contributed by atoms with Crippen LogP contribution in [0.25, 0.3) is 0 Å². The van der Waals surface area contributed by atoms with Crippen LogP contribution in [-0.2, 0) is 13.7 Å². The van der Waals surface area contributed by atoms with Gasteiger partial charge in [-0.3, -0.25) is 4.68 Å². The van der Waals surface area contributed by atoms with Crippen LogP contribution in [0.1, 0.15) is 43.9 Å². The van der Waals surface area contributed by atoms with Gasteiger partial charge in [0.1, 0.15) is 12.4 Å². The van der Waals surface area contributed by atoms with Gasteiger partial charge in [-0.2, -0.15) is 5.10 Å². The minimum atomic E-state index is 0.343. The van der Waals surface area contributed by atoms with Crippen LogP contribution in [0, 0.1) is 0 Å². The first kappa shape index (κ1) is 15.6. The average Bonchev–Trinajstić information content (AvgIpc) is 2.92. The van der Waals surface area contributed by atoms with Crippen molar-refractivity contribution in [3.63, 3.8) is 0 Å². The lowest BCUT2D eigenvalue weighted by Gasteiger charge is -2.20. The molecule has 0 aliphatic carbocycles. The van der Waals surface area contributed by atoms with Gasteiger partial charge in [0.25, 0.3) is 0 Å². The van der Waals surface area contributed by atoms with E-state index in [0.717, 1.165) is 30.7 Å². The number of ether oxygens (including phenoxy) is 1. The molecule has 1 aromatic heterocycles. The maximum absolute atomic E-state index is 6.01. The SMILES string of the molecule is CCCNC(CC)c1ccccc1OCc1cnn(C)c1. The molecule has 2 aromatic rings. The first-order valence-corrected chi connectivity index (χ1v) is 7.67. The Hall–Kier alpha value is -1.81. The monoisotopic (exact) mass is 287 g/mol. The Kier molecular flexibility index (Phi) is 5.81. The fourth-order valence-electron chi connectivity index (χ4n) is 2.40. The standard InChI is InChI=1S/C17H25N3O/c1-4-10-18-16(5-2)15-8-6-7-9-17(15)21-13-14-11-19-20(3)12-14/h6-9,11-12,16,18H,4-5,10,13H2,1-3H3. The zero-order valence-corrected chi connectivity index (χ0v) is 13.2. The summed E-state index contributed by atoms with van der Waals surface area (Å²) >= 11 is 0. The summed E-state index contributed by atoms with van der Waals surface area (Å²) in [7, 11) is 1.92. The lowest BCUT2D eigenvalue weighted by Crippen LogP contribution is -2.22. The van der Waals surface area contributed by atoms with E-state index in [1.807, 2.05) is 31.6 Å². The molecule has 0 aliphatic heterocycles. The molecule has 4 heteroatoms. The third-order valence-electron chi connectivity index (χ3n) is 3.50. The van der Waals surface area contributed by atoms with Crippen LogP contribution in [-0.4, -0.2) is 16.3 Å². The van der Waals surface area contributed by atoms with E-state index < -0.39 is 0 Å². The molecule has 0 aliphatic rings. The van der Waals surface area contributed by atoms with E-state index in [-0.39, 0.29) is 0 Å². The highest BCUT2D eigenvalue weighted by Crippen LogP contribution is 2.27. The highest BCUT2D eigenvalue weighted by atomic mass is 16.5. The van der Waals surface area contributed by atoms with E-state index >= 15 is 0 Å². The van der Waals surface area contributed by atoms with Crippen LogP contribution < -0.4 is 10.1 Å². The molecule has 0 spiro atoms. The third kappa shape index (κ3) is 4.33. The zero-order valence-electron chi connectivity index (χ0n) is 13.2. The largest absolute Gasteiger partial charge is 0.488 e. The van der Waals surface area contributed by atoms with Crippen molar-refractivity contribution in [3.05, 3.63) is 47.8 Å². The predicted molar refractivity (Wildman–Crippen MR) is 85.3 cm³/mol. The summed E-state index contributed by atoms with van der Waals surface area (Å²) in [5.74, 6) is 0.955. The van der Waals surface area contributed by atoms with E-state index in [4.69, 9.17) is 4.74 Å². The number of aryl methyl sites for hydroxylation is 1. The summed E-state index contributed by atoms with van der Waals surface area (Å²) in [6, 6.07) is 8.63. The Morgan fingerprint density at radius 1 is 1.29 bits per heavy atom. The van der Waals surface area contributed by atoms with Crippen LogP contribution in [0.3, 0.4) is 0 Å². The topological polar surface area (TPSA) is 39.1 Å². The Morgan fingerprint density at radius 3 is 2.76 bits per heavy atom. The molecule has 2 rings (SSSR count). The Labute approximate surface area is 127 Å². The van der Waals surface area contributed by atoms with Crippen LogP contribution in [0.15, 0.2) is 36.7 Å². The van der Waals surface area contributed by atoms with Gasteiger partial charge in [0.2, 0.25) is 0 Å². The number of benzene rings is 1. The maximum atomic E-state index is 6.01. The Morgan fingerprint density at radius 2 is 2.10 bits per heavy atom. The molecule has 21 heavy (non-hydrogen) atoms. The average molecular weight is 287 g/mol. The van der Waals surface area contributed by atoms with Gasteiger partial charge in [-0.25, -0.2) is 0 Å². The van der Waals surface area contributed by atoms with E-state index in [9.17, 15) is 0 Å². The second kappa shape index (κ2) is 7.84. The summed E-state index contributed by atoms with van der Waals surface area (Å²) in [6.07, 6.45) is 6.01. The van der Waals surface area contributed by atoms with Gasteiger partial charge < -0.3 is 10.1 Å². The lowest BCUT2D eigenvalue weighted by molar-refractivity contribution is 0.298. The molecule has 0 amide bonds. The number of nitrogens with one attached hydrogen (secondary N) is 1. The second-order valence-corrected chi connectivity index (χ2v) is 5.26. The molecule has 0 radical (unpaired) electrons. The van der Waals surface area contributed by atoms with Crippen molar-refractivity contribution in [1.29, 1.82) is 0 Å². The van der Waals surface area contributed by atoms with Gasteiger partial charge >= 0.3 is 0 Å². The molecule has 114 valence electrons. The van der Waals surface area contributed by atoms with Gasteiger partial charge in [-0.15, -0.1) is 0 Å². The Bertz CT molecular complexity index is 550. The van der Waals surface area contributed by atoms with Gasteiger partial charge in [-0.1, -0.05) is 32.0 Å². The number of rotatable bonds is 8. The summed E-state index contributed by atoms with van der Waals surface area (Å²) in [6.45, 7) is 5.96. The van der Waals surface area contributed by atoms with Crippen molar-refractivity contribution < 1.29 is 4.74 Å². The summed E-state index contributed by atoms with van der Waals surface area (Å²) in [5.41, 5.74) is 2.32. The Balaban J connectivity index is 2.08. The summed E-state index contributed by atoms with van der Waals surface area (Å²) in [4.78, 5) is 0. The van der Waals surface area contributed by atoms with Gasteiger partial charge in [0.05, 0.1) is 6.20 Å². The van der Waals surface area contributed by atoms with Crippen LogP contribution >= 0.6 is 0 Å².